The molecule has 0 fully saturated rings. The van der Waals surface area contributed by atoms with Crippen LogP contribution < -0.4 is 10.4 Å². The van der Waals surface area contributed by atoms with Gasteiger partial charge in [-0.15, -0.1) is 11.3 Å². The summed E-state index contributed by atoms with van der Waals surface area (Å²) < 4.78 is 24.5. The van der Waals surface area contributed by atoms with Gasteiger partial charge in [0, 0.05) is 27.6 Å². The summed E-state index contributed by atoms with van der Waals surface area (Å²) in [5.41, 5.74) is 0.736. The highest BCUT2D eigenvalue weighted by atomic mass is 35.5. The van der Waals surface area contributed by atoms with E-state index in [0.29, 0.717) is 22.1 Å². The molecule has 0 bridgehead atoms. The first-order valence-electron chi connectivity index (χ1n) is 8.13. The average molecular weight is 403 g/mol. The predicted octanol–water partition coefficient (Wildman–Crippen LogP) is 5.58. The third kappa shape index (κ3) is 3.22. The van der Waals surface area contributed by atoms with Gasteiger partial charge < -0.3 is 9.15 Å². The van der Waals surface area contributed by atoms with Gasteiger partial charge in [-0.1, -0.05) is 18.5 Å². The molecule has 7 heteroatoms. The molecule has 2 aromatic carbocycles. The van der Waals surface area contributed by atoms with Gasteiger partial charge in [0.05, 0.1) is 5.02 Å². The minimum absolute atomic E-state index is 0.182. The molecule has 136 valence electrons. The molecule has 4 aromatic rings. The van der Waals surface area contributed by atoms with Crippen LogP contribution >= 0.6 is 22.9 Å². The number of hydrogen-bond donors (Lipinski definition) is 0. The van der Waals surface area contributed by atoms with Crippen molar-refractivity contribution in [2.45, 2.75) is 13.3 Å². The molecule has 0 amide bonds. The highest BCUT2D eigenvalue weighted by Gasteiger charge is 2.20. The summed E-state index contributed by atoms with van der Waals surface area (Å²) >= 11 is 7.31. The zero-order chi connectivity index (χ0) is 19.1. The second-order valence-electron chi connectivity index (χ2n) is 5.88. The van der Waals surface area contributed by atoms with Crippen molar-refractivity contribution in [1.82, 2.24) is 0 Å². The lowest BCUT2D eigenvalue weighted by Gasteiger charge is -2.06. The molecule has 0 radical (unpaired) electrons. The van der Waals surface area contributed by atoms with Gasteiger partial charge in [0.25, 0.3) is 0 Å². The average Bonchev–Trinajstić information content (AvgIpc) is 2.96. The number of carbonyl (C=O) groups is 1. The van der Waals surface area contributed by atoms with E-state index in [9.17, 15) is 14.0 Å². The first-order valence-corrected chi connectivity index (χ1v) is 9.32. The fourth-order valence-corrected chi connectivity index (χ4v) is 4.30. The second-order valence-corrected chi connectivity index (χ2v) is 7.31. The monoisotopic (exact) mass is 402 g/mol. The lowest BCUT2D eigenvalue weighted by Crippen LogP contribution is -2.07. The summed E-state index contributed by atoms with van der Waals surface area (Å²) in [6.07, 6.45) is 0.676. The van der Waals surface area contributed by atoms with Crippen molar-refractivity contribution < 1.29 is 18.3 Å². The number of carbonyl (C=O) groups excluding carboxylic acids is 1. The fraction of sp³-hybridized carbons (Fsp3) is 0.100. The van der Waals surface area contributed by atoms with Crippen molar-refractivity contribution in [3.05, 3.63) is 74.2 Å². The zero-order valence-corrected chi connectivity index (χ0v) is 15.6. The number of hydrogen-bond acceptors (Lipinski definition) is 5. The van der Waals surface area contributed by atoms with Crippen LogP contribution in [0.3, 0.4) is 0 Å². The SMILES string of the molecule is CCc1cc(=O)oc2cc(OC(=O)c3sc4cc(F)ccc4c3Cl)ccc12. The number of halogens is 2. The van der Waals surface area contributed by atoms with Gasteiger partial charge in [-0.2, -0.15) is 0 Å². The molecule has 0 saturated carbocycles. The van der Waals surface area contributed by atoms with Crippen LogP contribution in [0.15, 0.2) is 51.7 Å². The van der Waals surface area contributed by atoms with Crippen molar-refractivity contribution in [3.8, 4) is 5.75 Å². The molecule has 0 saturated heterocycles. The summed E-state index contributed by atoms with van der Waals surface area (Å²) in [6, 6.07) is 10.4. The largest absolute Gasteiger partial charge is 0.423 e. The quantitative estimate of drug-likeness (QED) is 0.255. The molecule has 0 aliphatic heterocycles. The summed E-state index contributed by atoms with van der Waals surface area (Å²) in [4.78, 5) is 24.4. The lowest BCUT2D eigenvalue weighted by atomic mass is 10.1. The third-order valence-corrected chi connectivity index (χ3v) is 5.81. The highest BCUT2D eigenvalue weighted by molar-refractivity contribution is 7.21. The number of thiophene rings is 1. The molecular formula is C20H12ClFO4S. The highest BCUT2D eigenvalue weighted by Crippen LogP contribution is 2.36. The molecule has 27 heavy (non-hydrogen) atoms. The van der Waals surface area contributed by atoms with Gasteiger partial charge in [0.15, 0.2) is 0 Å². The van der Waals surface area contributed by atoms with Gasteiger partial charge >= 0.3 is 11.6 Å². The van der Waals surface area contributed by atoms with Gasteiger partial charge in [-0.25, -0.2) is 14.0 Å². The number of benzene rings is 2. The summed E-state index contributed by atoms with van der Waals surface area (Å²) in [7, 11) is 0. The maximum atomic E-state index is 13.4. The summed E-state index contributed by atoms with van der Waals surface area (Å²) in [5, 5.41) is 1.60. The van der Waals surface area contributed by atoms with Crippen molar-refractivity contribution in [1.29, 1.82) is 0 Å². The lowest BCUT2D eigenvalue weighted by molar-refractivity contribution is 0.0740. The van der Waals surface area contributed by atoms with Crippen LogP contribution in [0.1, 0.15) is 22.2 Å². The molecule has 2 aromatic heterocycles. The normalized spacial score (nSPS) is 11.2. The van der Waals surface area contributed by atoms with E-state index in [1.54, 1.807) is 12.1 Å². The topological polar surface area (TPSA) is 56.5 Å². The van der Waals surface area contributed by atoms with Crippen LogP contribution in [0.25, 0.3) is 21.1 Å². The second kappa shape index (κ2) is 6.79. The van der Waals surface area contributed by atoms with Crippen molar-refractivity contribution >= 4 is 50.0 Å². The van der Waals surface area contributed by atoms with Crippen LogP contribution in [0.5, 0.6) is 5.75 Å². The maximum absolute atomic E-state index is 13.4. The van der Waals surface area contributed by atoms with E-state index in [-0.39, 0.29) is 15.6 Å². The van der Waals surface area contributed by atoms with E-state index in [4.69, 9.17) is 20.8 Å². The van der Waals surface area contributed by atoms with Crippen LogP contribution in [-0.4, -0.2) is 5.97 Å². The van der Waals surface area contributed by atoms with E-state index < -0.39 is 17.4 Å². The Labute approximate surface area is 161 Å². The Balaban J connectivity index is 1.71. The Morgan fingerprint density at radius 2 is 1.96 bits per heavy atom. The number of ether oxygens (including phenoxy) is 1. The molecule has 0 unspecified atom stereocenters. The first-order chi connectivity index (χ1) is 13.0. The number of esters is 1. The van der Waals surface area contributed by atoms with Crippen LogP contribution in [-0.2, 0) is 6.42 Å². The Kier molecular flexibility index (Phi) is 4.45. The zero-order valence-electron chi connectivity index (χ0n) is 14.0. The molecule has 0 N–H and O–H groups in total. The Morgan fingerprint density at radius 1 is 1.19 bits per heavy atom. The molecule has 4 rings (SSSR count). The Morgan fingerprint density at radius 3 is 2.74 bits per heavy atom. The van der Waals surface area contributed by atoms with Crippen LogP contribution in [0.2, 0.25) is 5.02 Å². The van der Waals surface area contributed by atoms with E-state index in [0.717, 1.165) is 22.3 Å². The summed E-state index contributed by atoms with van der Waals surface area (Å²) in [6.45, 7) is 1.94. The molecule has 0 aliphatic rings. The Bertz CT molecular complexity index is 1260. The molecular weight excluding hydrogens is 391 g/mol. The number of rotatable bonds is 3. The van der Waals surface area contributed by atoms with Crippen LogP contribution in [0, 0.1) is 5.82 Å². The van der Waals surface area contributed by atoms with Gasteiger partial charge in [-0.05, 0) is 42.3 Å². The van der Waals surface area contributed by atoms with Crippen molar-refractivity contribution in [2.24, 2.45) is 0 Å². The molecule has 0 atom stereocenters. The molecule has 2 heterocycles. The molecule has 0 aliphatic carbocycles. The van der Waals surface area contributed by atoms with Gasteiger partial charge in [0.2, 0.25) is 0 Å². The van der Waals surface area contributed by atoms with Crippen molar-refractivity contribution in [3.63, 3.8) is 0 Å². The van der Waals surface area contributed by atoms with E-state index in [1.807, 2.05) is 6.92 Å². The Hall–Kier alpha value is -2.70. The van der Waals surface area contributed by atoms with E-state index in [1.165, 1.54) is 30.3 Å². The van der Waals surface area contributed by atoms with Crippen molar-refractivity contribution in [2.75, 3.05) is 0 Å². The van der Waals surface area contributed by atoms with Gasteiger partial charge in [0.1, 0.15) is 22.0 Å². The fourth-order valence-electron chi connectivity index (χ4n) is 2.89. The first kappa shape index (κ1) is 17.7. The predicted molar refractivity (Wildman–Crippen MR) is 104 cm³/mol. The standard InChI is InChI=1S/C20H12ClFO4S/c1-2-10-7-17(23)26-15-9-12(4-6-13(10)15)25-20(24)19-18(21)14-5-3-11(22)8-16(14)27-19/h3-9H,2H2,1H3. The van der Waals surface area contributed by atoms with E-state index >= 15 is 0 Å². The molecule has 4 nitrogen and oxygen atoms in total. The minimum Gasteiger partial charge on any atom is -0.423 e. The van der Waals surface area contributed by atoms with E-state index in [2.05, 4.69) is 0 Å². The third-order valence-electron chi connectivity index (χ3n) is 4.17. The minimum atomic E-state index is -0.657. The maximum Gasteiger partial charge on any atom is 0.355 e. The van der Waals surface area contributed by atoms with Gasteiger partial charge in [-0.3, -0.25) is 0 Å². The molecule has 0 spiro atoms. The number of fused-ring (bicyclic) bond motifs is 2. The van der Waals surface area contributed by atoms with Crippen LogP contribution in [0.4, 0.5) is 4.39 Å². The number of aryl methyl sites for hydroxylation is 1. The smallest absolute Gasteiger partial charge is 0.355 e. The summed E-state index contributed by atoms with van der Waals surface area (Å²) in [5.74, 6) is -0.838.